The number of thiophene rings is 1. The van der Waals surface area contributed by atoms with Gasteiger partial charge in [0.15, 0.2) is 0 Å². The van der Waals surface area contributed by atoms with Crippen molar-refractivity contribution >= 4 is 33.0 Å². The first-order valence-electron chi connectivity index (χ1n) is 7.67. The monoisotopic (exact) mass is 366 g/mol. The van der Waals surface area contributed by atoms with Crippen molar-refractivity contribution in [3.05, 3.63) is 47.3 Å². The number of carbonyl (C=O) groups excluding carboxylic acids is 1. The summed E-state index contributed by atoms with van der Waals surface area (Å²) >= 11 is 1.17. The van der Waals surface area contributed by atoms with Gasteiger partial charge in [-0.15, -0.1) is 11.3 Å². The van der Waals surface area contributed by atoms with Crippen LogP contribution in [0, 0.1) is 5.92 Å². The summed E-state index contributed by atoms with van der Waals surface area (Å²) in [5, 5.41) is 1.72. The maximum absolute atomic E-state index is 12.2. The van der Waals surface area contributed by atoms with Gasteiger partial charge >= 0.3 is 0 Å². The predicted octanol–water partition coefficient (Wildman–Crippen LogP) is 3.21. The molecule has 1 amide bonds. The van der Waals surface area contributed by atoms with Crippen LogP contribution in [0.2, 0.25) is 0 Å². The Morgan fingerprint density at radius 2 is 1.88 bits per heavy atom. The number of carbonyl (C=O) groups is 1. The number of hydrogen-bond acceptors (Lipinski definition) is 4. The number of hydrogen-bond donors (Lipinski definition) is 1. The minimum absolute atomic E-state index is 0.0515. The summed E-state index contributed by atoms with van der Waals surface area (Å²) in [6, 6.07) is 10.2. The van der Waals surface area contributed by atoms with E-state index in [0.717, 1.165) is 12.1 Å². The van der Waals surface area contributed by atoms with Crippen molar-refractivity contribution in [2.75, 3.05) is 18.3 Å². The lowest BCUT2D eigenvalue weighted by Crippen LogP contribution is -2.31. The lowest BCUT2D eigenvalue weighted by molar-refractivity contribution is -0.129. The van der Waals surface area contributed by atoms with Crippen molar-refractivity contribution < 1.29 is 13.2 Å². The molecule has 0 aliphatic rings. The topological polar surface area (TPSA) is 66.5 Å². The van der Waals surface area contributed by atoms with Crippen molar-refractivity contribution in [3.8, 4) is 0 Å². The summed E-state index contributed by atoms with van der Waals surface area (Å²) in [5.74, 6) is 0.476. The molecule has 1 heterocycles. The third kappa shape index (κ3) is 5.07. The molecule has 0 saturated heterocycles. The van der Waals surface area contributed by atoms with E-state index in [1.807, 2.05) is 0 Å². The molecule has 2 aromatic rings. The van der Waals surface area contributed by atoms with E-state index in [-0.39, 0.29) is 10.1 Å². The molecule has 24 heavy (non-hydrogen) atoms. The van der Waals surface area contributed by atoms with Gasteiger partial charge in [-0.3, -0.25) is 9.52 Å². The van der Waals surface area contributed by atoms with Gasteiger partial charge in [0, 0.05) is 19.3 Å². The molecule has 1 N–H and O–H groups in total. The maximum atomic E-state index is 12.2. The molecule has 0 aliphatic heterocycles. The number of rotatable bonds is 7. The Balaban J connectivity index is 1.99. The van der Waals surface area contributed by atoms with Crippen LogP contribution in [0.1, 0.15) is 19.4 Å². The Hall–Kier alpha value is -1.86. The number of benzene rings is 1. The zero-order valence-electron chi connectivity index (χ0n) is 14.0. The van der Waals surface area contributed by atoms with Crippen molar-refractivity contribution in [1.82, 2.24) is 4.90 Å². The van der Waals surface area contributed by atoms with E-state index >= 15 is 0 Å². The second-order valence-corrected chi connectivity index (χ2v) is 8.94. The van der Waals surface area contributed by atoms with Crippen LogP contribution in [0.3, 0.4) is 0 Å². The van der Waals surface area contributed by atoms with Crippen LogP contribution in [0.25, 0.3) is 0 Å². The molecule has 0 fully saturated rings. The molecule has 1 aromatic heterocycles. The SMILES string of the molecule is CC(C)CN(C)C(=O)Cc1ccc(NS(=O)(=O)c2cccs2)cc1. The molecule has 2 rings (SSSR count). The summed E-state index contributed by atoms with van der Waals surface area (Å²) in [5.41, 5.74) is 1.34. The van der Waals surface area contributed by atoms with Gasteiger partial charge in [0.25, 0.3) is 10.0 Å². The molecule has 0 unspecified atom stereocenters. The molecule has 0 spiro atoms. The highest BCUT2D eigenvalue weighted by atomic mass is 32.2. The van der Waals surface area contributed by atoms with Crippen molar-refractivity contribution in [2.24, 2.45) is 5.92 Å². The Labute approximate surface area is 147 Å². The van der Waals surface area contributed by atoms with Crippen molar-refractivity contribution in [2.45, 2.75) is 24.5 Å². The van der Waals surface area contributed by atoms with Gasteiger partial charge in [0.2, 0.25) is 5.91 Å². The quantitative estimate of drug-likeness (QED) is 0.818. The van der Waals surface area contributed by atoms with E-state index in [0.29, 0.717) is 18.0 Å². The molecule has 0 radical (unpaired) electrons. The molecule has 130 valence electrons. The fourth-order valence-corrected chi connectivity index (χ4v) is 4.32. The molecule has 0 bridgehead atoms. The molecular formula is C17H22N2O3S2. The van der Waals surface area contributed by atoms with Gasteiger partial charge in [-0.1, -0.05) is 32.0 Å². The standard InChI is InChI=1S/C17H22N2O3S2/c1-13(2)12-19(3)16(20)11-14-6-8-15(9-7-14)18-24(21,22)17-5-4-10-23-17/h4-10,13,18H,11-12H2,1-3H3. The van der Waals surface area contributed by atoms with Crippen LogP contribution in [0.5, 0.6) is 0 Å². The number of nitrogens with one attached hydrogen (secondary N) is 1. The highest BCUT2D eigenvalue weighted by molar-refractivity contribution is 7.94. The van der Waals surface area contributed by atoms with Gasteiger partial charge < -0.3 is 4.90 Å². The Morgan fingerprint density at radius 3 is 2.42 bits per heavy atom. The van der Waals surface area contributed by atoms with E-state index in [1.165, 1.54) is 11.3 Å². The van der Waals surface area contributed by atoms with Crippen LogP contribution >= 0.6 is 11.3 Å². The van der Waals surface area contributed by atoms with Crippen LogP contribution in [-0.4, -0.2) is 32.8 Å². The van der Waals surface area contributed by atoms with Crippen LogP contribution < -0.4 is 4.72 Å². The summed E-state index contributed by atoms with van der Waals surface area (Å²) in [4.78, 5) is 13.9. The zero-order chi connectivity index (χ0) is 17.7. The van der Waals surface area contributed by atoms with Crippen molar-refractivity contribution in [3.63, 3.8) is 0 Å². The highest BCUT2D eigenvalue weighted by Gasteiger charge is 2.15. The number of amides is 1. The van der Waals surface area contributed by atoms with E-state index in [1.54, 1.807) is 53.7 Å². The van der Waals surface area contributed by atoms with Gasteiger partial charge in [-0.25, -0.2) is 8.42 Å². The molecule has 1 aromatic carbocycles. The summed E-state index contributed by atoms with van der Waals surface area (Å²) in [7, 11) is -1.74. The average molecular weight is 367 g/mol. The van der Waals surface area contributed by atoms with E-state index in [2.05, 4.69) is 18.6 Å². The van der Waals surface area contributed by atoms with Gasteiger partial charge in [0.1, 0.15) is 4.21 Å². The second-order valence-electron chi connectivity index (χ2n) is 6.08. The van der Waals surface area contributed by atoms with Crippen LogP contribution in [0.15, 0.2) is 46.0 Å². The third-order valence-electron chi connectivity index (χ3n) is 3.39. The second kappa shape index (κ2) is 7.81. The fraction of sp³-hybridized carbons (Fsp3) is 0.353. The first-order chi connectivity index (χ1) is 11.3. The Kier molecular flexibility index (Phi) is 6.01. The number of anilines is 1. The largest absolute Gasteiger partial charge is 0.345 e. The molecular weight excluding hydrogens is 344 g/mol. The summed E-state index contributed by atoms with van der Waals surface area (Å²) in [6.45, 7) is 4.86. The Bertz CT molecular complexity index is 767. The summed E-state index contributed by atoms with van der Waals surface area (Å²) in [6.07, 6.45) is 0.307. The molecule has 0 saturated carbocycles. The van der Waals surface area contributed by atoms with E-state index in [9.17, 15) is 13.2 Å². The smallest absolute Gasteiger partial charge is 0.271 e. The van der Waals surface area contributed by atoms with E-state index < -0.39 is 10.0 Å². The fourth-order valence-electron chi connectivity index (χ4n) is 2.27. The van der Waals surface area contributed by atoms with Gasteiger partial charge in [-0.2, -0.15) is 0 Å². The lowest BCUT2D eigenvalue weighted by atomic mass is 10.1. The first-order valence-corrected chi connectivity index (χ1v) is 10.0. The normalized spacial score (nSPS) is 11.5. The third-order valence-corrected chi connectivity index (χ3v) is 6.16. The molecule has 0 atom stereocenters. The van der Waals surface area contributed by atoms with Gasteiger partial charge in [-0.05, 0) is 35.1 Å². The number of nitrogens with zero attached hydrogens (tertiary/aromatic N) is 1. The minimum Gasteiger partial charge on any atom is -0.345 e. The number of sulfonamides is 1. The predicted molar refractivity (Wildman–Crippen MR) is 97.7 cm³/mol. The van der Waals surface area contributed by atoms with E-state index in [4.69, 9.17) is 0 Å². The van der Waals surface area contributed by atoms with Crippen LogP contribution in [-0.2, 0) is 21.2 Å². The number of likely N-dealkylation sites (N-methyl/N-ethyl adjacent to an activating group) is 1. The first kappa shape index (κ1) is 18.5. The summed E-state index contributed by atoms with van der Waals surface area (Å²) < 4.78 is 27.1. The lowest BCUT2D eigenvalue weighted by Gasteiger charge is -2.19. The zero-order valence-corrected chi connectivity index (χ0v) is 15.7. The maximum Gasteiger partial charge on any atom is 0.271 e. The highest BCUT2D eigenvalue weighted by Crippen LogP contribution is 2.20. The molecule has 0 aliphatic carbocycles. The van der Waals surface area contributed by atoms with Crippen molar-refractivity contribution in [1.29, 1.82) is 0 Å². The molecule has 7 heteroatoms. The minimum atomic E-state index is -3.54. The average Bonchev–Trinajstić information content (AvgIpc) is 3.03. The van der Waals surface area contributed by atoms with Crippen LogP contribution in [0.4, 0.5) is 5.69 Å². The Morgan fingerprint density at radius 1 is 1.21 bits per heavy atom. The molecule has 5 nitrogen and oxygen atoms in total. The van der Waals surface area contributed by atoms with Gasteiger partial charge in [0.05, 0.1) is 6.42 Å².